The first-order valence-electron chi connectivity index (χ1n) is 7.54. The van der Waals surface area contributed by atoms with Crippen LogP contribution < -0.4 is 16.0 Å². The highest BCUT2D eigenvalue weighted by Gasteiger charge is 2.28. The van der Waals surface area contributed by atoms with Crippen molar-refractivity contribution in [3.8, 4) is 0 Å². The second kappa shape index (κ2) is 8.86. The lowest BCUT2D eigenvalue weighted by Crippen LogP contribution is -2.53. The van der Waals surface area contributed by atoms with Gasteiger partial charge in [0.25, 0.3) is 5.91 Å². The number of amides is 2. The Balaban J connectivity index is 0.00000264. The van der Waals surface area contributed by atoms with Gasteiger partial charge in [-0.25, -0.2) is 0 Å². The summed E-state index contributed by atoms with van der Waals surface area (Å²) in [7, 11) is 0. The van der Waals surface area contributed by atoms with Crippen LogP contribution in [0.25, 0.3) is 0 Å². The van der Waals surface area contributed by atoms with Crippen LogP contribution in [0.5, 0.6) is 0 Å². The third-order valence-electron chi connectivity index (χ3n) is 3.43. The van der Waals surface area contributed by atoms with Gasteiger partial charge in [-0.05, 0) is 45.0 Å². The zero-order valence-electron chi connectivity index (χ0n) is 13.6. The van der Waals surface area contributed by atoms with Gasteiger partial charge in [-0.15, -0.1) is 12.4 Å². The third kappa shape index (κ3) is 5.49. The fourth-order valence-corrected chi connectivity index (χ4v) is 2.30. The summed E-state index contributed by atoms with van der Waals surface area (Å²) in [5.41, 5.74) is 1.23. The summed E-state index contributed by atoms with van der Waals surface area (Å²) in [5, 5.41) is 8.80. The summed E-state index contributed by atoms with van der Waals surface area (Å²) in [6.07, 6.45) is -0.162. The Hall–Kier alpha value is -1.63. The molecule has 0 bridgehead atoms. The van der Waals surface area contributed by atoms with E-state index in [1.807, 2.05) is 20.8 Å². The van der Waals surface area contributed by atoms with Crippen molar-refractivity contribution in [3.05, 3.63) is 29.8 Å². The van der Waals surface area contributed by atoms with Crippen molar-refractivity contribution >= 4 is 29.9 Å². The maximum atomic E-state index is 12.2. The van der Waals surface area contributed by atoms with Crippen LogP contribution in [0.4, 0.5) is 5.69 Å². The van der Waals surface area contributed by atoms with E-state index in [1.54, 1.807) is 24.3 Å². The molecule has 2 amide bonds. The minimum Gasteiger partial charge on any atom is -0.375 e. The van der Waals surface area contributed by atoms with E-state index in [4.69, 9.17) is 4.74 Å². The number of hydrogen-bond acceptors (Lipinski definition) is 4. The minimum absolute atomic E-state index is 0. The molecule has 23 heavy (non-hydrogen) atoms. The van der Waals surface area contributed by atoms with Gasteiger partial charge >= 0.3 is 0 Å². The Morgan fingerprint density at radius 1 is 1.26 bits per heavy atom. The first-order chi connectivity index (χ1) is 10.5. The van der Waals surface area contributed by atoms with E-state index in [-0.39, 0.29) is 42.4 Å². The van der Waals surface area contributed by atoms with E-state index in [9.17, 15) is 9.59 Å². The molecule has 2 atom stereocenters. The molecule has 1 aliphatic heterocycles. The number of anilines is 1. The van der Waals surface area contributed by atoms with Crippen molar-refractivity contribution in [1.29, 1.82) is 0 Å². The van der Waals surface area contributed by atoms with Crippen molar-refractivity contribution in [1.82, 2.24) is 10.6 Å². The number of carbonyl (C=O) groups excluding carboxylic acids is 2. The van der Waals surface area contributed by atoms with Crippen LogP contribution in [-0.2, 0) is 9.53 Å². The van der Waals surface area contributed by atoms with Crippen LogP contribution in [0.3, 0.4) is 0 Å². The molecule has 0 unspecified atom stereocenters. The number of benzene rings is 1. The van der Waals surface area contributed by atoms with E-state index in [0.29, 0.717) is 24.4 Å². The molecular formula is C16H24ClN3O3. The Morgan fingerprint density at radius 3 is 2.48 bits per heavy atom. The molecule has 1 fully saturated rings. The normalized spacial score (nSPS) is 20.5. The van der Waals surface area contributed by atoms with Crippen LogP contribution in [-0.4, -0.2) is 43.2 Å². The maximum absolute atomic E-state index is 12.2. The summed E-state index contributed by atoms with van der Waals surface area (Å²) in [4.78, 5) is 24.1. The van der Waals surface area contributed by atoms with Crippen molar-refractivity contribution < 1.29 is 14.3 Å². The highest BCUT2D eigenvalue weighted by atomic mass is 35.5. The third-order valence-corrected chi connectivity index (χ3v) is 3.43. The number of ether oxygens (including phenoxy) is 1. The van der Waals surface area contributed by atoms with Gasteiger partial charge < -0.3 is 20.7 Å². The molecule has 1 aromatic rings. The van der Waals surface area contributed by atoms with Gasteiger partial charge in [0.15, 0.2) is 0 Å². The summed E-state index contributed by atoms with van der Waals surface area (Å²) in [6.45, 7) is 6.97. The molecule has 0 saturated carbocycles. The minimum atomic E-state index is -0.363. The highest BCUT2D eigenvalue weighted by molar-refractivity contribution is 5.97. The fourth-order valence-electron chi connectivity index (χ4n) is 2.30. The van der Waals surface area contributed by atoms with Gasteiger partial charge in [0.2, 0.25) is 5.91 Å². The molecule has 1 saturated heterocycles. The van der Waals surface area contributed by atoms with Crippen LogP contribution in [0.2, 0.25) is 0 Å². The Kier molecular flexibility index (Phi) is 7.48. The number of rotatable bonds is 4. The predicted octanol–water partition coefficient (Wildman–Crippen LogP) is 1.56. The molecule has 128 valence electrons. The number of nitrogens with one attached hydrogen (secondary N) is 3. The fraction of sp³-hybridized carbons (Fsp3) is 0.500. The second-order valence-corrected chi connectivity index (χ2v) is 5.70. The highest BCUT2D eigenvalue weighted by Crippen LogP contribution is 2.12. The first-order valence-corrected chi connectivity index (χ1v) is 7.54. The van der Waals surface area contributed by atoms with Gasteiger partial charge in [0.1, 0.15) is 6.04 Å². The van der Waals surface area contributed by atoms with E-state index < -0.39 is 0 Å². The van der Waals surface area contributed by atoms with Crippen molar-refractivity contribution in [2.45, 2.75) is 39.0 Å². The molecule has 0 spiro atoms. The number of carbonyl (C=O) groups is 2. The molecule has 2 rings (SSSR count). The lowest BCUT2D eigenvalue weighted by atomic mass is 10.1. The largest absolute Gasteiger partial charge is 0.375 e. The number of hydrogen-bond donors (Lipinski definition) is 3. The monoisotopic (exact) mass is 341 g/mol. The van der Waals surface area contributed by atoms with E-state index in [0.717, 1.165) is 0 Å². The number of halogens is 1. The lowest BCUT2D eigenvalue weighted by Gasteiger charge is -2.29. The zero-order chi connectivity index (χ0) is 16.1. The quantitative estimate of drug-likeness (QED) is 0.776. The van der Waals surface area contributed by atoms with Gasteiger partial charge in [-0.2, -0.15) is 0 Å². The standard InChI is InChI=1S/C16H23N3O3.ClH/c1-10(2)18-15(20)12-4-6-13(7-5-12)19-16(21)14-11(3)22-9-8-17-14;/h4-7,10-11,14,17H,8-9H2,1-3H3,(H,18,20)(H,19,21);1H/t11-,14+;/m1./s1. The molecule has 7 heteroatoms. The molecular weight excluding hydrogens is 318 g/mol. The van der Waals surface area contributed by atoms with Gasteiger partial charge in [0, 0.05) is 23.8 Å². The smallest absolute Gasteiger partial charge is 0.251 e. The Labute approximate surface area is 142 Å². The average molecular weight is 342 g/mol. The van der Waals surface area contributed by atoms with Crippen LogP contribution in [0.1, 0.15) is 31.1 Å². The lowest BCUT2D eigenvalue weighted by molar-refractivity contribution is -0.123. The summed E-state index contributed by atoms with van der Waals surface area (Å²) >= 11 is 0. The van der Waals surface area contributed by atoms with Crippen LogP contribution in [0, 0.1) is 0 Å². The van der Waals surface area contributed by atoms with E-state index in [1.165, 1.54) is 0 Å². The summed E-state index contributed by atoms with van der Waals surface area (Å²) < 4.78 is 5.46. The van der Waals surface area contributed by atoms with Gasteiger partial charge in [0.05, 0.1) is 12.7 Å². The molecule has 0 aromatic heterocycles. The SMILES string of the molecule is CC(C)NC(=O)c1ccc(NC(=O)[C@H]2NCCO[C@@H]2C)cc1.Cl. The second-order valence-electron chi connectivity index (χ2n) is 5.70. The van der Waals surface area contributed by atoms with E-state index in [2.05, 4.69) is 16.0 Å². The first kappa shape index (κ1) is 19.4. The van der Waals surface area contributed by atoms with Crippen molar-refractivity contribution in [2.24, 2.45) is 0 Å². The molecule has 0 radical (unpaired) electrons. The van der Waals surface area contributed by atoms with Crippen molar-refractivity contribution in [2.75, 3.05) is 18.5 Å². The Bertz CT molecular complexity index is 534. The van der Waals surface area contributed by atoms with Crippen LogP contribution >= 0.6 is 12.4 Å². The molecule has 1 heterocycles. The summed E-state index contributed by atoms with van der Waals surface area (Å²) in [5.74, 6) is -0.254. The molecule has 1 aliphatic rings. The molecule has 3 N–H and O–H groups in total. The topological polar surface area (TPSA) is 79.5 Å². The zero-order valence-corrected chi connectivity index (χ0v) is 14.4. The molecule has 6 nitrogen and oxygen atoms in total. The maximum Gasteiger partial charge on any atom is 0.251 e. The Morgan fingerprint density at radius 2 is 1.91 bits per heavy atom. The average Bonchev–Trinajstić information content (AvgIpc) is 2.47. The molecule has 1 aromatic carbocycles. The molecule has 0 aliphatic carbocycles. The predicted molar refractivity (Wildman–Crippen MR) is 92.1 cm³/mol. The van der Waals surface area contributed by atoms with Gasteiger partial charge in [-0.1, -0.05) is 0 Å². The number of morpholine rings is 1. The van der Waals surface area contributed by atoms with Gasteiger partial charge in [-0.3, -0.25) is 9.59 Å². The van der Waals surface area contributed by atoms with E-state index >= 15 is 0 Å². The van der Waals surface area contributed by atoms with Crippen molar-refractivity contribution in [3.63, 3.8) is 0 Å². The summed E-state index contributed by atoms with van der Waals surface area (Å²) in [6, 6.07) is 6.56. The van der Waals surface area contributed by atoms with Crippen LogP contribution in [0.15, 0.2) is 24.3 Å².